The van der Waals surface area contributed by atoms with Gasteiger partial charge in [-0.05, 0) is 25.2 Å². The maximum absolute atomic E-state index is 10.5. The van der Waals surface area contributed by atoms with Crippen LogP contribution in [0, 0.1) is 5.92 Å². The molecule has 3 atom stereocenters. The summed E-state index contributed by atoms with van der Waals surface area (Å²) in [7, 11) is 0. The lowest BCUT2D eigenvalue weighted by molar-refractivity contribution is -0.109. The highest BCUT2D eigenvalue weighted by Crippen LogP contribution is 2.32. The van der Waals surface area contributed by atoms with E-state index in [1.165, 1.54) is 25.7 Å². The predicted octanol–water partition coefficient (Wildman–Crippen LogP) is 1.11. The second kappa shape index (κ2) is 2.94. The van der Waals surface area contributed by atoms with E-state index in [2.05, 4.69) is 5.32 Å². The third kappa shape index (κ3) is 1.32. The number of hydrogen-bond acceptors (Lipinski definition) is 2. The fourth-order valence-electron chi connectivity index (χ4n) is 2.47. The van der Waals surface area contributed by atoms with Gasteiger partial charge in [0.15, 0.2) is 0 Å². The molecular formula is C9H15NO. The van der Waals surface area contributed by atoms with Crippen LogP contribution >= 0.6 is 0 Å². The van der Waals surface area contributed by atoms with Crippen molar-refractivity contribution in [2.75, 3.05) is 0 Å². The molecule has 0 bridgehead atoms. The molecule has 1 unspecified atom stereocenters. The van der Waals surface area contributed by atoms with E-state index in [1.807, 2.05) is 0 Å². The summed E-state index contributed by atoms with van der Waals surface area (Å²) < 4.78 is 0. The van der Waals surface area contributed by atoms with Crippen molar-refractivity contribution in [2.45, 2.75) is 44.2 Å². The zero-order valence-electron chi connectivity index (χ0n) is 6.75. The minimum Gasteiger partial charge on any atom is -0.305 e. The van der Waals surface area contributed by atoms with Gasteiger partial charge >= 0.3 is 0 Å². The van der Waals surface area contributed by atoms with Crippen molar-refractivity contribution in [3.63, 3.8) is 0 Å². The van der Waals surface area contributed by atoms with Gasteiger partial charge in [-0.1, -0.05) is 12.8 Å². The Bertz CT molecular complexity index is 144. The lowest BCUT2D eigenvalue weighted by atomic mass is 9.85. The van der Waals surface area contributed by atoms with Gasteiger partial charge in [0.05, 0.1) is 6.04 Å². The maximum Gasteiger partial charge on any atom is 0.136 e. The molecule has 2 rings (SSSR count). The minimum atomic E-state index is 0.170. The van der Waals surface area contributed by atoms with Crippen molar-refractivity contribution in [1.82, 2.24) is 5.32 Å². The van der Waals surface area contributed by atoms with E-state index in [0.717, 1.165) is 18.6 Å². The third-order valence-electron chi connectivity index (χ3n) is 3.06. The maximum atomic E-state index is 10.5. The lowest BCUT2D eigenvalue weighted by Crippen LogP contribution is -2.33. The Kier molecular flexibility index (Phi) is 1.95. The number of carbonyl (C=O) groups excluding carboxylic acids is 1. The van der Waals surface area contributed by atoms with E-state index in [9.17, 15) is 4.79 Å². The van der Waals surface area contributed by atoms with Crippen molar-refractivity contribution in [3.8, 4) is 0 Å². The molecule has 1 aliphatic carbocycles. The van der Waals surface area contributed by atoms with Crippen molar-refractivity contribution in [3.05, 3.63) is 0 Å². The summed E-state index contributed by atoms with van der Waals surface area (Å²) in [6.45, 7) is 0. The van der Waals surface area contributed by atoms with E-state index in [1.54, 1.807) is 0 Å². The average molecular weight is 153 g/mol. The fraction of sp³-hybridized carbons (Fsp3) is 0.889. The number of rotatable bonds is 1. The van der Waals surface area contributed by atoms with Crippen LogP contribution in [-0.4, -0.2) is 18.4 Å². The molecule has 0 aromatic rings. The van der Waals surface area contributed by atoms with Gasteiger partial charge in [0.2, 0.25) is 0 Å². The SMILES string of the molecule is O=CC1C[C@@H]2CCCC[C@@H]2N1. The molecule has 1 saturated heterocycles. The quantitative estimate of drug-likeness (QED) is 0.572. The van der Waals surface area contributed by atoms with Crippen LogP contribution in [0.5, 0.6) is 0 Å². The van der Waals surface area contributed by atoms with Gasteiger partial charge in [-0.25, -0.2) is 0 Å². The van der Waals surface area contributed by atoms with Crippen LogP contribution in [0.3, 0.4) is 0 Å². The monoisotopic (exact) mass is 153 g/mol. The van der Waals surface area contributed by atoms with Crippen molar-refractivity contribution in [1.29, 1.82) is 0 Å². The van der Waals surface area contributed by atoms with Gasteiger partial charge in [-0.15, -0.1) is 0 Å². The van der Waals surface area contributed by atoms with Gasteiger partial charge in [-0.2, -0.15) is 0 Å². The molecule has 0 radical (unpaired) electrons. The number of nitrogens with one attached hydrogen (secondary N) is 1. The topological polar surface area (TPSA) is 29.1 Å². The van der Waals surface area contributed by atoms with E-state index in [0.29, 0.717) is 6.04 Å². The first-order chi connectivity index (χ1) is 5.40. The van der Waals surface area contributed by atoms with E-state index in [4.69, 9.17) is 0 Å². The summed E-state index contributed by atoms with van der Waals surface area (Å²) in [5, 5.41) is 3.37. The summed E-state index contributed by atoms with van der Waals surface area (Å²) >= 11 is 0. The fourth-order valence-corrected chi connectivity index (χ4v) is 2.47. The molecular weight excluding hydrogens is 138 g/mol. The molecule has 1 heterocycles. The van der Waals surface area contributed by atoms with Gasteiger partial charge in [0.25, 0.3) is 0 Å². The Hall–Kier alpha value is -0.370. The van der Waals surface area contributed by atoms with E-state index in [-0.39, 0.29) is 6.04 Å². The van der Waals surface area contributed by atoms with Crippen LogP contribution in [0.25, 0.3) is 0 Å². The molecule has 62 valence electrons. The third-order valence-corrected chi connectivity index (χ3v) is 3.06. The normalized spacial score (nSPS) is 43.5. The second-order valence-corrected chi connectivity index (χ2v) is 3.80. The van der Waals surface area contributed by atoms with Gasteiger partial charge < -0.3 is 10.1 Å². The number of carbonyl (C=O) groups is 1. The Labute approximate surface area is 67.4 Å². The van der Waals surface area contributed by atoms with Crippen molar-refractivity contribution >= 4 is 6.29 Å². The standard InChI is InChI=1S/C9H15NO/c11-6-8-5-7-3-1-2-4-9(7)10-8/h6-10H,1-5H2/t7-,8?,9-/m0/s1. The van der Waals surface area contributed by atoms with Crippen molar-refractivity contribution < 1.29 is 4.79 Å². The molecule has 2 fully saturated rings. The first-order valence-electron chi connectivity index (χ1n) is 4.61. The van der Waals surface area contributed by atoms with Gasteiger partial charge in [0.1, 0.15) is 6.29 Å². The van der Waals surface area contributed by atoms with Crippen LogP contribution in [0.4, 0.5) is 0 Å². The molecule has 0 amide bonds. The second-order valence-electron chi connectivity index (χ2n) is 3.80. The van der Waals surface area contributed by atoms with Crippen LogP contribution in [0.2, 0.25) is 0 Å². The molecule has 0 spiro atoms. The molecule has 2 heteroatoms. The summed E-state index contributed by atoms with van der Waals surface area (Å²) in [5.41, 5.74) is 0. The van der Waals surface area contributed by atoms with Crippen LogP contribution in [0.15, 0.2) is 0 Å². The number of fused-ring (bicyclic) bond motifs is 1. The molecule has 1 aliphatic heterocycles. The number of hydrogen-bond donors (Lipinski definition) is 1. The predicted molar refractivity (Wildman–Crippen MR) is 43.4 cm³/mol. The first kappa shape index (κ1) is 7.29. The molecule has 0 aromatic heterocycles. The Balaban J connectivity index is 1.97. The molecule has 11 heavy (non-hydrogen) atoms. The molecule has 0 aromatic carbocycles. The Morgan fingerprint density at radius 2 is 2.09 bits per heavy atom. The Morgan fingerprint density at radius 3 is 2.82 bits per heavy atom. The summed E-state index contributed by atoms with van der Waals surface area (Å²) in [4.78, 5) is 10.5. The van der Waals surface area contributed by atoms with Gasteiger partial charge in [-0.3, -0.25) is 0 Å². The summed E-state index contributed by atoms with van der Waals surface area (Å²) in [5.74, 6) is 0.805. The highest BCUT2D eigenvalue weighted by molar-refractivity contribution is 5.58. The highest BCUT2D eigenvalue weighted by Gasteiger charge is 2.34. The van der Waals surface area contributed by atoms with Gasteiger partial charge in [0, 0.05) is 6.04 Å². The first-order valence-corrected chi connectivity index (χ1v) is 4.61. The molecule has 2 nitrogen and oxygen atoms in total. The van der Waals surface area contributed by atoms with E-state index < -0.39 is 0 Å². The van der Waals surface area contributed by atoms with Crippen molar-refractivity contribution in [2.24, 2.45) is 5.92 Å². The van der Waals surface area contributed by atoms with Crippen LogP contribution in [-0.2, 0) is 4.79 Å². The zero-order valence-corrected chi connectivity index (χ0v) is 6.75. The molecule has 1 N–H and O–H groups in total. The Morgan fingerprint density at radius 1 is 1.27 bits per heavy atom. The molecule has 1 saturated carbocycles. The zero-order chi connectivity index (χ0) is 7.68. The van der Waals surface area contributed by atoms with Crippen LogP contribution in [0.1, 0.15) is 32.1 Å². The largest absolute Gasteiger partial charge is 0.305 e. The summed E-state index contributed by atoms with van der Waals surface area (Å²) in [6, 6.07) is 0.835. The van der Waals surface area contributed by atoms with E-state index >= 15 is 0 Å². The average Bonchev–Trinajstić information content (AvgIpc) is 2.46. The lowest BCUT2D eigenvalue weighted by Gasteiger charge is -2.24. The number of aldehydes is 1. The molecule has 2 aliphatic rings. The summed E-state index contributed by atoms with van der Waals surface area (Å²) in [6.07, 6.45) is 7.50. The van der Waals surface area contributed by atoms with Crippen LogP contribution < -0.4 is 5.32 Å². The smallest absolute Gasteiger partial charge is 0.136 e. The highest BCUT2D eigenvalue weighted by atomic mass is 16.1. The minimum absolute atomic E-state index is 0.170.